The Morgan fingerprint density at radius 1 is 1.54 bits per heavy atom. The number of rotatable bonds is 4. The third-order valence-electron chi connectivity index (χ3n) is 1.79. The summed E-state index contributed by atoms with van der Waals surface area (Å²) in [4.78, 5) is 14.9. The summed E-state index contributed by atoms with van der Waals surface area (Å²) in [6.45, 7) is 2.71. The second kappa shape index (κ2) is 4.77. The van der Waals surface area contributed by atoms with Crippen LogP contribution in [0.25, 0.3) is 0 Å². The van der Waals surface area contributed by atoms with Crippen LogP contribution in [-0.2, 0) is 6.54 Å². The van der Waals surface area contributed by atoms with Gasteiger partial charge in [0.1, 0.15) is 0 Å². The predicted octanol–water partition coefficient (Wildman–Crippen LogP) is 0.324. The maximum Gasteiger partial charge on any atom is 0.347 e. The smallest absolute Gasteiger partial charge is 0.347 e. The summed E-state index contributed by atoms with van der Waals surface area (Å²) < 4.78 is 1.57. The quantitative estimate of drug-likeness (QED) is 0.682. The van der Waals surface area contributed by atoms with Gasteiger partial charge in [0.05, 0.1) is 0 Å². The molecule has 0 aromatic carbocycles. The SMILES string of the molecule is Cc1cnc(=O)n(CCCCO)c1. The molecule has 0 aliphatic rings. The van der Waals surface area contributed by atoms with E-state index >= 15 is 0 Å². The Hall–Kier alpha value is -1.16. The van der Waals surface area contributed by atoms with E-state index in [1.54, 1.807) is 17.0 Å². The van der Waals surface area contributed by atoms with Crippen LogP contribution in [0, 0.1) is 6.92 Å². The van der Waals surface area contributed by atoms with Crippen molar-refractivity contribution >= 4 is 0 Å². The van der Waals surface area contributed by atoms with Crippen molar-refractivity contribution in [1.82, 2.24) is 9.55 Å². The standard InChI is InChI=1S/C9H14N2O2/c1-8-6-10-9(13)11(7-8)4-2-3-5-12/h6-7,12H,2-5H2,1H3. The maximum atomic E-state index is 11.2. The Morgan fingerprint density at radius 3 is 3.00 bits per heavy atom. The normalized spacial score (nSPS) is 10.3. The molecule has 0 saturated heterocycles. The van der Waals surface area contributed by atoms with Crippen molar-refractivity contribution < 1.29 is 5.11 Å². The number of aliphatic hydroxyl groups is 1. The van der Waals surface area contributed by atoms with Gasteiger partial charge in [-0.25, -0.2) is 9.78 Å². The summed E-state index contributed by atoms with van der Waals surface area (Å²) in [6.07, 6.45) is 4.87. The molecule has 0 bridgehead atoms. The molecule has 0 aliphatic heterocycles. The van der Waals surface area contributed by atoms with Gasteiger partial charge in [-0.1, -0.05) is 0 Å². The number of nitrogens with zero attached hydrogens (tertiary/aromatic N) is 2. The summed E-state index contributed by atoms with van der Waals surface area (Å²) in [5.41, 5.74) is 0.757. The Labute approximate surface area is 76.9 Å². The second-order valence-corrected chi connectivity index (χ2v) is 3.04. The number of hydrogen-bond acceptors (Lipinski definition) is 3. The minimum absolute atomic E-state index is 0.175. The van der Waals surface area contributed by atoms with Gasteiger partial charge in [0.15, 0.2) is 0 Å². The van der Waals surface area contributed by atoms with Gasteiger partial charge in [-0.3, -0.25) is 4.57 Å². The highest BCUT2D eigenvalue weighted by Gasteiger charge is 1.96. The lowest BCUT2D eigenvalue weighted by Crippen LogP contribution is -2.22. The van der Waals surface area contributed by atoms with Crippen LogP contribution in [0.15, 0.2) is 17.2 Å². The van der Waals surface area contributed by atoms with E-state index in [1.165, 1.54) is 0 Å². The Bertz CT molecular complexity index is 320. The molecule has 4 heteroatoms. The average Bonchev–Trinajstić information content (AvgIpc) is 2.11. The molecule has 1 rings (SSSR count). The van der Waals surface area contributed by atoms with E-state index in [-0.39, 0.29) is 12.3 Å². The van der Waals surface area contributed by atoms with Gasteiger partial charge in [0.2, 0.25) is 0 Å². The van der Waals surface area contributed by atoms with E-state index in [9.17, 15) is 4.79 Å². The third kappa shape index (κ3) is 2.99. The van der Waals surface area contributed by atoms with E-state index in [1.807, 2.05) is 6.92 Å². The van der Waals surface area contributed by atoms with Gasteiger partial charge in [-0.2, -0.15) is 0 Å². The molecule has 0 unspecified atom stereocenters. The molecule has 1 aromatic rings. The van der Waals surface area contributed by atoms with Crippen molar-refractivity contribution in [2.45, 2.75) is 26.3 Å². The summed E-state index contributed by atoms with van der Waals surface area (Å²) in [7, 11) is 0. The lowest BCUT2D eigenvalue weighted by atomic mass is 10.3. The van der Waals surface area contributed by atoms with Crippen molar-refractivity contribution in [2.24, 2.45) is 0 Å². The molecule has 0 aliphatic carbocycles. The van der Waals surface area contributed by atoms with Crippen LogP contribution in [0.1, 0.15) is 18.4 Å². The molecule has 0 saturated carbocycles. The van der Waals surface area contributed by atoms with Crippen molar-refractivity contribution in [2.75, 3.05) is 6.61 Å². The summed E-state index contributed by atoms with van der Waals surface area (Å²) in [5, 5.41) is 8.57. The lowest BCUT2D eigenvalue weighted by Gasteiger charge is -2.03. The molecule has 1 heterocycles. The van der Waals surface area contributed by atoms with E-state index in [0.717, 1.165) is 18.4 Å². The highest BCUT2D eigenvalue weighted by molar-refractivity contribution is 4.99. The lowest BCUT2D eigenvalue weighted by molar-refractivity contribution is 0.281. The largest absolute Gasteiger partial charge is 0.396 e. The van der Waals surface area contributed by atoms with Gasteiger partial charge in [0, 0.05) is 25.5 Å². The first-order valence-electron chi connectivity index (χ1n) is 4.38. The Morgan fingerprint density at radius 2 is 2.31 bits per heavy atom. The first-order valence-corrected chi connectivity index (χ1v) is 4.38. The third-order valence-corrected chi connectivity index (χ3v) is 1.79. The van der Waals surface area contributed by atoms with Gasteiger partial charge in [-0.05, 0) is 25.3 Å². The molecular formula is C9H14N2O2. The summed E-state index contributed by atoms with van der Waals surface area (Å²) in [5.74, 6) is 0. The maximum absolute atomic E-state index is 11.2. The average molecular weight is 182 g/mol. The number of hydrogen-bond donors (Lipinski definition) is 1. The molecule has 1 N–H and O–H groups in total. The molecule has 0 atom stereocenters. The topological polar surface area (TPSA) is 55.1 Å². The van der Waals surface area contributed by atoms with Crippen LogP contribution in [0.5, 0.6) is 0 Å². The fourth-order valence-electron chi connectivity index (χ4n) is 1.12. The Balaban J connectivity index is 2.65. The van der Waals surface area contributed by atoms with E-state index in [0.29, 0.717) is 6.54 Å². The zero-order chi connectivity index (χ0) is 9.68. The van der Waals surface area contributed by atoms with Crippen LogP contribution in [0.4, 0.5) is 0 Å². The van der Waals surface area contributed by atoms with Crippen LogP contribution >= 0.6 is 0 Å². The van der Waals surface area contributed by atoms with Crippen LogP contribution < -0.4 is 5.69 Å². The summed E-state index contributed by atoms with van der Waals surface area (Å²) >= 11 is 0. The Kier molecular flexibility index (Phi) is 3.64. The van der Waals surface area contributed by atoms with E-state index in [4.69, 9.17) is 5.11 Å². The zero-order valence-corrected chi connectivity index (χ0v) is 7.73. The first kappa shape index (κ1) is 9.92. The number of aliphatic hydroxyl groups excluding tert-OH is 1. The molecular weight excluding hydrogens is 168 g/mol. The van der Waals surface area contributed by atoms with Crippen LogP contribution in [-0.4, -0.2) is 21.3 Å². The van der Waals surface area contributed by atoms with E-state index < -0.39 is 0 Å². The molecule has 0 fully saturated rings. The van der Waals surface area contributed by atoms with Crippen molar-refractivity contribution in [3.8, 4) is 0 Å². The van der Waals surface area contributed by atoms with Crippen molar-refractivity contribution in [1.29, 1.82) is 0 Å². The molecule has 0 radical (unpaired) electrons. The van der Waals surface area contributed by atoms with E-state index in [2.05, 4.69) is 4.98 Å². The first-order chi connectivity index (χ1) is 6.24. The van der Waals surface area contributed by atoms with Gasteiger partial charge < -0.3 is 5.11 Å². The van der Waals surface area contributed by atoms with Crippen LogP contribution in [0.3, 0.4) is 0 Å². The highest BCUT2D eigenvalue weighted by atomic mass is 16.2. The van der Waals surface area contributed by atoms with Gasteiger partial charge >= 0.3 is 5.69 Å². The monoisotopic (exact) mass is 182 g/mol. The van der Waals surface area contributed by atoms with Crippen molar-refractivity contribution in [3.05, 3.63) is 28.4 Å². The van der Waals surface area contributed by atoms with Crippen LogP contribution in [0.2, 0.25) is 0 Å². The van der Waals surface area contributed by atoms with Gasteiger partial charge in [0.25, 0.3) is 0 Å². The molecule has 0 spiro atoms. The molecule has 4 nitrogen and oxygen atoms in total. The predicted molar refractivity (Wildman–Crippen MR) is 49.6 cm³/mol. The second-order valence-electron chi connectivity index (χ2n) is 3.04. The highest BCUT2D eigenvalue weighted by Crippen LogP contribution is 1.94. The molecule has 13 heavy (non-hydrogen) atoms. The summed E-state index contributed by atoms with van der Waals surface area (Å²) in [6, 6.07) is 0. The molecule has 0 amide bonds. The molecule has 72 valence electrons. The zero-order valence-electron chi connectivity index (χ0n) is 7.73. The minimum Gasteiger partial charge on any atom is -0.396 e. The number of aromatic nitrogens is 2. The fourth-order valence-corrected chi connectivity index (χ4v) is 1.12. The molecule has 1 aromatic heterocycles. The number of unbranched alkanes of at least 4 members (excludes halogenated alkanes) is 1. The van der Waals surface area contributed by atoms with Gasteiger partial charge in [-0.15, -0.1) is 0 Å². The fraction of sp³-hybridized carbons (Fsp3) is 0.556. The number of aryl methyl sites for hydroxylation is 2. The van der Waals surface area contributed by atoms with Crippen molar-refractivity contribution in [3.63, 3.8) is 0 Å². The minimum atomic E-state index is -0.219.